The quantitative estimate of drug-likeness (QED) is 0.875. The second-order valence-electron chi connectivity index (χ2n) is 5.58. The number of nitrogens with one attached hydrogen (secondary N) is 2. The van der Waals surface area contributed by atoms with Crippen LogP contribution in [0.15, 0.2) is 29.1 Å². The number of rotatable bonds is 5. The van der Waals surface area contributed by atoms with Crippen molar-refractivity contribution in [2.24, 2.45) is 0 Å². The maximum atomic E-state index is 12.0. The summed E-state index contributed by atoms with van der Waals surface area (Å²) >= 11 is 5.91. The highest BCUT2D eigenvalue weighted by atomic mass is 35.5. The fourth-order valence-corrected chi connectivity index (χ4v) is 2.81. The lowest BCUT2D eigenvalue weighted by Gasteiger charge is -2.11. The molecule has 0 radical (unpaired) electrons. The van der Waals surface area contributed by atoms with Crippen molar-refractivity contribution in [3.8, 4) is 6.07 Å². The number of aromatic nitrogens is 1. The lowest BCUT2D eigenvalue weighted by molar-refractivity contribution is -0.121. The molecule has 0 aliphatic rings. The molecule has 0 aliphatic carbocycles. The van der Waals surface area contributed by atoms with E-state index in [4.69, 9.17) is 16.9 Å². The highest BCUT2D eigenvalue weighted by Crippen LogP contribution is 2.15. The zero-order valence-corrected chi connectivity index (χ0v) is 14.3. The average Bonchev–Trinajstić information content (AvgIpc) is 2.53. The Labute approximate surface area is 145 Å². The number of aryl methyl sites for hydroxylation is 1. The lowest BCUT2D eigenvalue weighted by Crippen LogP contribution is -2.24. The monoisotopic (exact) mass is 343 g/mol. The Morgan fingerprint density at radius 3 is 2.79 bits per heavy atom. The molecule has 5 nitrogen and oxygen atoms in total. The minimum atomic E-state index is -0.387. The van der Waals surface area contributed by atoms with Crippen molar-refractivity contribution in [2.45, 2.75) is 33.2 Å². The topological polar surface area (TPSA) is 85.8 Å². The van der Waals surface area contributed by atoms with Gasteiger partial charge in [0.05, 0.1) is 0 Å². The van der Waals surface area contributed by atoms with E-state index in [9.17, 15) is 9.59 Å². The Morgan fingerprint density at radius 1 is 1.38 bits per heavy atom. The van der Waals surface area contributed by atoms with Crippen molar-refractivity contribution in [2.75, 3.05) is 0 Å². The molecule has 1 amide bonds. The molecular formula is C18H18ClN3O2. The third-order valence-electron chi connectivity index (χ3n) is 3.90. The van der Waals surface area contributed by atoms with Crippen molar-refractivity contribution in [1.29, 1.82) is 5.26 Å². The fraction of sp³-hybridized carbons (Fsp3) is 0.278. The Morgan fingerprint density at radius 2 is 2.12 bits per heavy atom. The molecule has 0 saturated carbocycles. The van der Waals surface area contributed by atoms with Crippen LogP contribution < -0.4 is 10.9 Å². The molecule has 0 bridgehead atoms. The SMILES string of the molecule is Cc1[nH]c(=O)c(C#N)c(C)c1CCC(=O)NCc1cccc(Cl)c1. The summed E-state index contributed by atoms with van der Waals surface area (Å²) in [4.78, 5) is 26.4. The summed E-state index contributed by atoms with van der Waals surface area (Å²) in [5, 5.41) is 12.5. The van der Waals surface area contributed by atoms with E-state index in [1.165, 1.54) is 0 Å². The third kappa shape index (κ3) is 4.24. The van der Waals surface area contributed by atoms with E-state index >= 15 is 0 Å². The van der Waals surface area contributed by atoms with E-state index in [0.29, 0.717) is 29.2 Å². The van der Waals surface area contributed by atoms with E-state index in [2.05, 4.69) is 10.3 Å². The Kier molecular flexibility index (Phi) is 5.78. The van der Waals surface area contributed by atoms with Gasteiger partial charge in [0.2, 0.25) is 5.91 Å². The average molecular weight is 344 g/mol. The second kappa shape index (κ2) is 7.80. The molecule has 0 saturated heterocycles. The maximum Gasteiger partial charge on any atom is 0.266 e. The second-order valence-corrected chi connectivity index (χ2v) is 6.01. The van der Waals surface area contributed by atoms with Crippen LogP contribution in [0, 0.1) is 25.2 Å². The zero-order valence-electron chi connectivity index (χ0n) is 13.6. The van der Waals surface area contributed by atoms with Crippen LogP contribution >= 0.6 is 11.6 Å². The van der Waals surface area contributed by atoms with Gasteiger partial charge in [-0.25, -0.2) is 0 Å². The number of nitriles is 1. The number of aromatic amines is 1. The van der Waals surface area contributed by atoms with Gasteiger partial charge in [-0.1, -0.05) is 23.7 Å². The molecule has 2 N–H and O–H groups in total. The summed E-state index contributed by atoms with van der Waals surface area (Å²) in [7, 11) is 0. The van der Waals surface area contributed by atoms with Crippen molar-refractivity contribution < 1.29 is 4.79 Å². The van der Waals surface area contributed by atoms with Crippen LogP contribution in [0.1, 0.15) is 34.4 Å². The molecule has 0 aliphatic heterocycles. The zero-order chi connectivity index (χ0) is 17.7. The first kappa shape index (κ1) is 17.8. The molecule has 2 aromatic rings. The van der Waals surface area contributed by atoms with Crippen LogP contribution in [0.3, 0.4) is 0 Å². The largest absolute Gasteiger partial charge is 0.352 e. The van der Waals surface area contributed by atoms with E-state index in [1.54, 1.807) is 26.0 Å². The van der Waals surface area contributed by atoms with E-state index in [1.807, 2.05) is 18.2 Å². The van der Waals surface area contributed by atoms with Gasteiger partial charge in [-0.05, 0) is 49.1 Å². The molecule has 6 heteroatoms. The van der Waals surface area contributed by atoms with Crippen LogP contribution in [0.4, 0.5) is 0 Å². The third-order valence-corrected chi connectivity index (χ3v) is 4.14. The molecule has 1 aromatic carbocycles. The van der Waals surface area contributed by atoms with Gasteiger partial charge in [0.25, 0.3) is 5.56 Å². The number of hydrogen-bond acceptors (Lipinski definition) is 3. The molecule has 0 unspecified atom stereocenters. The van der Waals surface area contributed by atoms with Crippen molar-refractivity contribution in [1.82, 2.24) is 10.3 Å². The lowest BCUT2D eigenvalue weighted by atomic mass is 9.99. The first-order valence-corrected chi connectivity index (χ1v) is 7.93. The van der Waals surface area contributed by atoms with Gasteiger partial charge in [0.1, 0.15) is 11.6 Å². The van der Waals surface area contributed by atoms with Gasteiger partial charge in [-0.15, -0.1) is 0 Å². The van der Waals surface area contributed by atoms with Crippen molar-refractivity contribution in [3.05, 3.63) is 67.6 Å². The highest BCUT2D eigenvalue weighted by Gasteiger charge is 2.13. The minimum Gasteiger partial charge on any atom is -0.352 e. The summed E-state index contributed by atoms with van der Waals surface area (Å²) in [5.41, 5.74) is 2.82. The van der Waals surface area contributed by atoms with E-state index < -0.39 is 0 Å². The number of amides is 1. The van der Waals surface area contributed by atoms with Crippen LogP contribution in [0.25, 0.3) is 0 Å². The maximum absolute atomic E-state index is 12.0. The Balaban J connectivity index is 2.00. The number of pyridine rings is 1. The van der Waals surface area contributed by atoms with Crippen molar-refractivity contribution >= 4 is 17.5 Å². The molecule has 2 rings (SSSR count). The first-order valence-electron chi connectivity index (χ1n) is 7.56. The molecule has 1 heterocycles. The van der Waals surface area contributed by atoms with Gasteiger partial charge in [-0.2, -0.15) is 5.26 Å². The molecule has 0 fully saturated rings. The number of carbonyl (C=O) groups excluding carboxylic acids is 1. The summed E-state index contributed by atoms with van der Waals surface area (Å²) in [6, 6.07) is 9.22. The summed E-state index contributed by atoms with van der Waals surface area (Å²) < 4.78 is 0. The summed E-state index contributed by atoms with van der Waals surface area (Å²) in [5.74, 6) is -0.0986. The van der Waals surface area contributed by atoms with Crippen LogP contribution in [0.5, 0.6) is 0 Å². The van der Waals surface area contributed by atoms with Gasteiger partial charge in [0, 0.05) is 23.7 Å². The highest BCUT2D eigenvalue weighted by molar-refractivity contribution is 6.30. The molecule has 0 spiro atoms. The van der Waals surface area contributed by atoms with Gasteiger partial charge >= 0.3 is 0 Å². The van der Waals surface area contributed by atoms with E-state index in [-0.39, 0.29) is 23.5 Å². The first-order chi connectivity index (χ1) is 11.4. The minimum absolute atomic E-state index is 0.0986. The van der Waals surface area contributed by atoms with Crippen molar-refractivity contribution in [3.63, 3.8) is 0 Å². The molecule has 0 atom stereocenters. The van der Waals surface area contributed by atoms with Crippen LogP contribution in [-0.2, 0) is 17.8 Å². The number of carbonyl (C=O) groups is 1. The number of benzene rings is 1. The van der Waals surface area contributed by atoms with Crippen LogP contribution in [-0.4, -0.2) is 10.9 Å². The number of hydrogen-bond donors (Lipinski definition) is 2. The standard InChI is InChI=1S/C18H18ClN3O2/c1-11-15(12(2)22-18(24)16(11)9-20)6-7-17(23)21-10-13-4-3-5-14(19)8-13/h3-5,8H,6-7,10H2,1-2H3,(H,21,23)(H,22,24). The van der Waals surface area contributed by atoms with Crippen LogP contribution in [0.2, 0.25) is 5.02 Å². The van der Waals surface area contributed by atoms with E-state index in [0.717, 1.165) is 11.1 Å². The fourth-order valence-electron chi connectivity index (χ4n) is 2.59. The smallest absolute Gasteiger partial charge is 0.266 e. The van der Waals surface area contributed by atoms with Gasteiger partial charge < -0.3 is 10.3 Å². The predicted molar refractivity (Wildman–Crippen MR) is 92.9 cm³/mol. The molecule has 124 valence electrons. The summed E-state index contributed by atoms with van der Waals surface area (Å²) in [6.07, 6.45) is 0.740. The van der Waals surface area contributed by atoms with Gasteiger partial charge in [-0.3, -0.25) is 9.59 Å². The molecular weight excluding hydrogens is 326 g/mol. The number of halogens is 1. The number of H-pyrrole nitrogens is 1. The Hall–Kier alpha value is -2.58. The predicted octanol–water partition coefficient (Wildman–Crippen LogP) is 2.77. The number of nitrogens with zero attached hydrogens (tertiary/aromatic N) is 1. The normalized spacial score (nSPS) is 10.2. The Bertz CT molecular complexity index is 866. The van der Waals surface area contributed by atoms with Gasteiger partial charge in [0.15, 0.2) is 0 Å². The molecule has 24 heavy (non-hydrogen) atoms. The summed E-state index contributed by atoms with van der Waals surface area (Å²) in [6.45, 7) is 3.92. The molecule has 1 aromatic heterocycles.